The Kier molecular flexibility index (Phi) is 4.57. The molecule has 0 fully saturated rings. The lowest BCUT2D eigenvalue weighted by Gasteiger charge is -2.10. The van der Waals surface area contributed by atoms with Gasteiger partial charge in [-0.3, -0.25) is 0 Å². The minimum Gasteiger partial charge on any atom is -0.241 e. The van der Waals surface area contributed by atoms with Crippen LogP contribution in [-0.2, 0) is 11.9 Å². The van der Waals surface area contributed by atoms with Gasteiger partial charge in [-0.15, -0.1) is 11.8 Å². The fourth-order valence-electron chi connectivity index (χ4n) is 2.60. The topological polar surface area (TPSA) is 43.6 Å². The molecule has 4 aromatic rings. The third-order valence-electron chi connectivity index (χ3n) is 3.90. The van der Waals surface area contributed by atoms with Gasteiger partial charge in [0.05, 0.1) is 11.2 Å². The van der Waals surface area contributed by atoms with Gasteiger partial charge in [0.1, 0.15) is 5.03 Å². The molecule has 0 aliphatic rings. The Morgan fingerprint density at radius 3 is 2.41 bits per heavy atom. The van der Waals surface area contributed by atoms with Crippen molar-refractivity contribution < 1.29 is 13.2 Å². The van der Waals surface area contributed by atoms with E-state index in [4.69, 9.17) is 0 Å². The maximum Gasteiger partial charge on any atom is 0.451 e. The van der Waals surface area contributed by atoms with E-state index in [9.17, 15) is 13.2 Å². The summed E-state index contributed by atoms with van der Waals surface area (Å²) in [5.74, 6) is -0.616. The number of benzene rings is 2. The molecule has 0 saturated carbocycles. The molecule has 0 unspecified atom stereocenters. The summed E-state index contributed by atoms with van der Waals surface area (Å²) in [5, 5.41) is 5.10. The molecule has 27 heavy (non-hydrogen) atoms. The number of aromatic nitrogens is 4. The Labute approximate surface area is 157 Å². The fourth-order valence-corrected chi connectivity index (χ4v) is 3.58. The molecule has 0 saturated heterocycles. The van der Waals surface area contributed by atoms with Crippen LogP contribution in [0.2, 0.25) is 0 Å². The minimum absolute atomic E-state index is 0.288. The first-order valence-corrected chi connectivity index (χ1v) is 9.05. The molecule has 0 N–H and O–H groups in total. The maximum absolute atomic E-state index is 13.1. The molecule has 4 rings (SSSR count). The molecule has 0 amide bonds. The fraction of sp³-hybridized carbons (Fsp3) is 0.105. The van der Waals surface area contributed by atoms with E-state index in [2.05, 4.69) is 15.1 Å². The quantitative estimate of drug-likeness (QED) is 0.360. The lowest BCUT2D eigenvalue weighted by Crippen LogP contribution is -2.11. The average molecular weight is 386 g/mol. The third kappa shape index (κ3) is 3.80. The summed E-state index contributed by atoms with van der Waals surface area (Å²) in [6.45, 7) is 0. The molecule has 0 aliphatic carbocycles. The zero-order valence-corrected chi connectivity index (χ0v) is 14.7. The largest absolute Gasteiger partial charge is 0.451 e. The van der Waals surface area contributed by atoms with Crippen LogP contribution in [0.5, 0.6) is 0 Å². The van der Waals surface area contributed by atoms with Crippen molar-refractivity contribution in [1.82, 2.24) is 19.7 Å². The van der Waals surface area contributed by atoms with E-state index in [-0.39, 0.29) is 5.52 Å². The van der Waals surface area contributed by atoms with Gasteiger partial charge in [0, 0.05) is 23.5 Å². The number of hydrogen-bond donors (Lipinski definition) is 0. The summed E-state index contributed by atoms with van der Waals surface area (Å²) < 4.78 is 41.0. The summed E-state index contributed by atoms with van der Waals surface area (Å²) in [6, 6.07) is 16.3. The zero-order valence-electron chi connectivity index (χ0n) is 13.9. The molecule has 0 radical (unpaired) electrons. The highest BCUT2D eigenvalue weighted by atomic mass is 32.2. The van der Waals surface area contributed by atoms with Crippen LogP contribution in [0.25, 0.3) is 16.6 Å². The number of para-hydroxylation sites is 1. The number of hydrogen-bond acceptors (Lipinski definition) is 4. The van der Waals surface area contributed by atoms with E-state index in [0.29, 0.717) is 16.2 Å². The first-order chi connectivity index (χ1) is 13.0. The number of rotatable bonds is 4. The Bertz CT molecular complexity index is 1060. The van der Waals surface area contributed by atoms with Crippen LogP contribution in [0.15, 0.2) is 72.0 Å². The maximum atomic E-state index is 13.1. The van der Waals surface area contributed by atoms with Gasteiger partial charge in [-0.25, -0.2) is 14.6 Å². The zero-order chi connectivity index (χ0) is 18.9. The second-order valence-corrected chi connectivity index (χ2v) is 6.74. The molecule has 2 aromatic heterocycles. The molecule has 0 aliphatic heterocycles. The van der Waals surface area contributed by atoms with Crippen LogP contribution in [0.3, 0.4) is 0 Å². The number of thioether (sulfide) groups is 1. The van der Waals surface area contributed by atoms with Gasteiger partial charge in [0.2, 0.25) is 5.82 Å². The average Bonchev–Trinajstić information content (AvgIpc) is 3.20. The lowest BCUT2D eigenvalue weighted by atomic mass is 10.2. The van der Waals surface area contributed by atoms with Crippen molar-refractivity contribution in [3.05, 3.63) is 78.4 Å². The predicted octanol–water partition coefficient (Wildman–Crippen LogP) is 5.13. The van der Waals surface area contributed by atoms with Gasteiger partial charge < -0.3 is 0 Å². The van der Waals surface area contributed by atoms with Gasteiger partial charge in [0.25, 0.3) is 0 Å². The molecule has 8 heteroatoms. The highest BCUT2D eigenvalue weighted by Gasteiger charge is 2.35. The van der Waals surface area contributed by atoms with Crippen molar-refractivity contribution in [2.24, 2.45) is 0 Å². The van der Waals surface area contributed by atoms with Gasteiger partial charge in [-0.1, -0.05) is 30.3 Å². The molecule has 0 spiro atoms. The summed E-state index contributed by atoms with van der Waals surface area (Å²) in [7, 11) is 0. The Morgan fingerprint density at radius 1 is 0.926 bits per heavy atom. The van der Waals surface area contributed by atoms with Gasteiger partial charge in [-0.2, -0.15) is 18.3 Å². The van der Waals surface area contributed by atoms with Crippen LogP contribution in [-0.4, -0.2) is 19.7 Å². The summed E-state index contributed by atoms with van der Waals surface area (Å²) in [4.78, 5) is 7.40. The molecule has 0 atom stereocenters. The van der Waals surface area contributed by atoms with Gasteiger partial charge >= 0.3 is 6.18 Å². The molecule has 4 nitrogen and oxygen atoms in total. The standard InChI is InChI=1S/C19H13F3N4S/c20-19(21,22)18-24-16-5-2-1-4-15(16)17(25-18)27-12-13-6-8-14(9-7-13)26-11-3-10-23-26/h1-11H,12H2. The van der Waals surface area contributed by atoms with Crippen molar-refractivity contribution in [1.29, 1.82) is 0 Å². The van der Waals surface area contributed by atoms with E-state index in [1.54, 1.807) is 35.1 Å². The molecular weight excluding hydrogens is 373 g/mol. The van der Waals surface area contributed by atoms with E-state index >= 15 is 0 Å². The minimum atomic E-state index is -4.58. The first-order valence-electron chi connectivity index (χ1n) is 8.06. The number of fused-ring (bicyclic) bond motifs is 1. The summed E-state index contributed by atoms with van der Waals surface area (Å²) in [5.41, 5.74) is 2.18. The highest BCUT2D eigenvalue weighted by molar-refractivity contribution is 7.98. The summed E-state index contributed by atoms with van der Waals surface area (Å²) >= 11 is 1.26. The van der Waals surface area contributed by atoms with Crippen LogP contribution < -0.4 is 0 Å². The van der Waals surface area contributed by atoms with Crippen molar-refractivity contribution in [3.63, 3.8) is 0 Å². The Hall–Kier alpha value is -2.87. The third-order valence-corrected chi connectivity index (χ3v) is 4.96. The van der Waals surface area contributed by atoms with E-state index in [0.717, 1.165) is 11.3 Å². The first kappa shape index (κ1) is 17.5. The summed E-state index contributed by atoms with van der Waals surface area (Å²) in [6.07, 6.45) is -1.04. The lowest BCUT2D eigenvalue weighted by molar-refractivity contribution is -0.145. The molecular formula is C19H13F3N4S. The second kappa shape index (κ2) is 7.03. The second-order valence-electron chi connectivity index (χ2n) is 5.77. The van der Waals surface area contributed by atoms with Gasteiger partial charge in [-0.05, 0) is 29.8 Å². The Morgan fingerprint density at radius 2 is 1.70 bits per heavy atom. The monoisotopic (exact) mass is 386 g/mol. The molecule has 0 bridgehead atoms. The van der Waals surface area contributed by atoms with Crippen molar-refractivity contribution in [3.8, 4) is 5.69 Å². The van der Waals surface area contributed by atoms with Crippen LogP contribution in [0, 0.1) is 0 Å². The Balaban J connectivity index is 1.60. The normalized spacial score (nSPS) is 11.8. The molecule has 2 heterocycles. The predicted molar refractivity (Wildman–Crippen MR) is 97.7 cm³/mol. The smallest absolute Gasteiger partial charge is 0.241 e. The van der Waals surface area contributed by atoms with E-state index in [1.807, 2.05) is 36.5 Å². The van der Waals surface area contributed by atoms with Crippen LogP contribution in [0.4, 0.5) is 13.2 Å². The molecule has 136 valence electrons. The van der Waals surface area contributed by atoms with Gasteiger partial charge in [0.15, 0.2) is 0 Å². The number of alkyl halides is 3. The number of nitrogens with zero attached hydrogens (tertiary/aromatic N) is 4. The van der Waals surface area contributed by atoms with Crippen molar-refractivity contribution in [2.75, 3.05) is 0 Å². The van der Waals surface area contributed by atoms with Crippen LogP contribution >= 0.6 is 11.8 Å². The van der Waals surface area contributed by atoms with E-state index < -0.39 is 12.0 Å². The molecule has 2 aromatic carbocycles. The van der Waals surface area contributed by atoms with E-state index in [1.165, 1.54) is 11.8 Å². The van der Waals surface area contributed by atoms with Crippen LogP contribution in [0.1, 0.15) is 11.4 Å². The van der Waals surface area contributed by atoms with Crippen molar-refractivity contribution in [2.45, 2.75) is 17.0 Å². The SMILES string of the molecule is FC(F)(F)c1nc(SCc2ccc(-n3cccn3)cc2)c2ccccc2n1. The van der Waals surface area contributed by atoms with Crippen molar-refractivity contribution >= 4 is 22.7 Å². The highest BCUT2D eigenvalue weighted by Crippen LogP contribution is 2.33. The number of halogens is 3.